The van der Waals surface area contributed by atoms with Gasteiger partial charge in [-0.2, -0.15) is 9.97 Å². The number of hydrogen-bond acceptors (Lipinski definition) is 5. The van der Waals surface area contributed by atoms with Gasteiger partial charge in [0.25, 0.3) is 0 Å². The van der Waals surface area contributed by atoms with Crippen molar-refractivity contribution in [3.63, 3.8) is 0 Å². The zero-order valence-corrected chi connectivity index (χ0v) is 27.9. The van der Waals surface area contributed by atoms with Gasteiger partial charge in [-0.3, -0.25) is 9.56 Å². The first kappa shape index (κ1) is 29.3. The second-order valence-electron chi connectivity index (χ2n) is 13.3. The molecule has 0 saturated carbocycles. The summed E-state index contributed by atoms with van der Waals surface area (Å²) >= 11 is 0. The third-order valence-electron chi connectivity index (χ3n) is 10.3. The molecule has 0 fully saturated rings. The number of aromatic nitrogens is 4. The minimum absolute atomic E-state index is 0.156. The maximum absolute atomic E-state index is 5.13. The van der Waals surface area contributed by atoms with E-state index in [1.165, 1.54) is 22.4 Å². The first-order valence-corrected chi connectivity index (χ1v) is 17.3. The lowest BCUT2D eigenvalue weighted by Crippen LogP contribution is -2.45. The van der Waals surface area contributed by atoms with Crippen LogP contribution in [0.25, 0.3) is 61.7 Å². The molecule has 2 aliphatic rings. The van der Waals surface area contributed by atoms with Crippen LogP contribution < -0.4 is 4.90 Å². The average Bonchev–Trinajstić information content (AvgIpc) is 3.67. The number of fused-ring (bicyclic) bond motifs is 6. The van der Waals surface area contributed by atoms with Crippen LogP contribution in [0, 0.1) is 0 Å². The number of para-hydroxylation sites is 2. The summed E-state index contributed by atoms with van der Waals surface area (Å²) in [6, 6.07) is 52.9. The number of rotatable bonds is 5. The molecule has 6 aromatic carbocycles. The molecule has 0 amide bonds. The minimum atomic E-state index is -0.315. The highest BCUT2D eigenvalue weighted by Gasteiger charge is 2.47. The Hall–Kier alpha value is -6.66. The molecule has 0 bridgehead atoms. The van der Waals surface area contributed by atoms with Gasteiger partial charge >= 0.3 is 0 Å². The van der Waals surface area contributed by atoms with E-state index < -0.39 is 0 Å². The highest BCUT2D eigenvalue weighted by Crippen LogP contribution is 2.53. The molecule has 10 rings (SSSR count). The normalized spacial score (nSPS) is 17.6. The fourth-order valence-corrected chi connectivity index (χ4v) is 8.02. The molecular formula is C45H32N6. The second-order valence-corrected chi connectivity index (χ2v) is 13.3. The highest BCUT2D eigenvalue weighted by atomic mass is 15.2. The van der Waals surface area contributed by atoms with Crippen molar-refractivity contribution < 1.29 is 0 Å². The molecule has 6 heteroatoms. The Labute approximate surface area is 295 Å². The quantitative estimate of drug-likeness (QED) is 0.185. The summed E-state index contributed by atoms with van der Waals surface area (Å²) in [6.07, 6.45) is 6.28. The van der Waals surface area contributed by atoms with E-state index in [0.29, 0.717) is 17.6 Å². The van der Waals surface area contributed by atoms with Crippen LogP contribution in [0.5, 0.6) is 0 Å². The number of benzene rings is 6. The lowest BCUT2D eigenvalue weighted by molar-refractivity contribution is 0.588. The smallest absolute Gasteiger partial charge is 0.238 e. The lowest BCUT2D eigenvalue weighted by atomic mass is 9.82. The predicted octanol–water partition coefficient (Wildman–Crippen LogP) is 10.6. The standard InChI is InChI=1S/C45H32N6/c1-45-29-46-27-26-37(45)36-28-32(24-25-39(36)51(45)33-18-9-4-10-19-33)34-21-13-23-40-41(34)35-20-11-12-22-38(35)50(40)44-48-42(30-14-5-2-6-15-30)47-43(49-44)31-16-7-3-8-17-31/h2-29,37H,1H3. The van der Waals surface area contributed by atoms with Gasteiger partial charge in [0.15, 0.2) is 11.6 Å². The molecule has 2 atom stereocenters. The number of nitrogens with zero attached hydrogens (tertiary/aromatic N) is 6. The summed E-state index contributed by atoms with van der Waals surface area (Å²) in [4.78, 5) is 22.3. The number of aliphatic imine (C=N–C) groups is 1. The average molecular weight is 657 g/mol. The Morgan fingerprint density at radius 2 is 1.24 bits per heavy atom. The summed E-state index contributed by atoms with van der Waals surface area (Å²) in [5.41, 5.74) is 9.64. The molecule has 2 aliphatic heterocycles. The summed E-state index contributed by atoms with van der Waals surface area (Å²) in [6.45, 7) is 2.29. The van der Waals surface area contributed by atoms with Crippen LogP contribution in [-0.2, 0) is 0 Å². The van der Waals surface area contributed by atoms with Crippen LogP contribution in [0.4, 0.5) is 11.4 Å². The Morgan fingerprint density at radius 3 is 1.96 bits per heavy atom. The second kappa shape index (κ2) is 11.5. The molecule has 8 aromatic rings. The van der Waals surface area contributed by atoms with Gasteiger partial charge in [-0.15, -0.1) is 0 Å². The zero-order valence-electron chi connectivity index (χ0n) is 27.9. The lowest BCUT2D eigenvalue weighted by Gasteiger charge is -2.38. The van der Waals surface area contributed by atoms with E-state index in [1.807, 2.05) is 66.9 Å². The Morgan fingerprint density at radius 1 is 0.588 bits per heavy atom. The van der Waals surface area contributed by atoms with E-state index in [9.17, 15) is 0 Å². The van der Waals surface area contributed by atoms with Gasteiger partial charge in [0.05, 0.1) is 16.6 Å². The van der Waals surface area contributed by atoms with E-state index in [1.54, 1.807) is 0 Å². The largest absolute Gasteiger partial charge is 0.329 e. The van der Waals surface area contributed by atoms with Crippen LogP contribution in [0.2, 0.25) is 0 Å². The maximum Gasteiger partial charge on any atom is 0.238 e. The first-order chi connectivity index (χ1) is 25.2. The molecule has 6 nitrogen and oxygen atoms in total. The van der Waals surface area contributed by atoms with Gasteiger partial charge in [-0.1, -0.05) is 121 Å². The molecule has 0 saturated heterocycles. The maximum atomic E-state index is 5.13. The van der Waals surface area contributed by atoms with Gasteiger partial charge in [0.2, 0.25) is 5.95 Å². The fourth-order valence-electron chi connectivity index (χ4n) is 8.02. The monoisotopic (exact) mass is 656 g/mol. The summed E-state index contributed by atoms with van der Waals surface area (Å²) < 4.78 is 2.19. The van der Waals surface area contributed by atoms with Crippen molar-refractivity contribution in [2.24, 2.45) is 4.99 Å². The van der Waals surface area contributed by atoms with Gasteiger partial charge < -0.3 is 4.90 Å². The van der Waals surface area contributed by atoms with Gasteiger partial charge in [-0.25, -0.2) is 4.98 Å². The Kier molecular flexibility index (Phi) is 6.58. The van der Waals surface area contributed by atoms with Crippen molar-refractivity contribution in [2.75, 3.05) is 4.90 Å². The van der Waals surface area contributed by atoms with Crippen molar-refractivity contribution in [2.45, 2.75) is 18.4 Å². The topological polar surface area (TPSA) is 59.2 Å². The third kappa shape index (κ3) is 4.57. The highest BCUT2D eigenvalue weighted by molar-refractivity contribution is 6.15. The summed E-state index contributed by atoms with van der Waals surface area (Å²) in [7, 11) is 0. The van der Waals surface area contributed by atoms with E-state index >= 15 is 0 Å². The Balaban J connectivity index is 1.19. The third-order valence-corrected chi connectivity index (χ3v) is 10.3. The SMILES string of the molecule is CC12C=NC=CC1c1cc(-c3cccc4c3c3ccccc3n4-c3nc(-c4ccccc4)nc(-c4ccccc4)n3)ccc1N2c1ccccc1. The van der Waals surface area contributed by atoms with Crippen LogP contribution in [0.15, 0.2) is 169 Å². The molecular weight excluding hydrogens is 625 g/mol. The molecule has 4 heterocycles. The predicted molar refractivity (Wildman–Crippen MR) is 208 cm³/mol. The molecule has 51 heavy (non-hydrogen) atoms. The zero-order chi connectivity index (χ0) is 33.9. The van der Waals surface area contributed by atoms with E-state index in [0.717, 1.165) is 38.6 Å². The van der Waals surface area contributed by atoms with E-state index in [4.69, 9.17) is 15.0 Å². The van der Waals surface area contributed by atoms with Gasteiger partial charge in [0.1, 0.15) is 0 Å². The van der Waals surface area contributed by atoms with E-state index in [2.05, 4.69) is 125 Å². The van der Waals surface area contributed by atoms with Crippen molar-refractivity contribution in [1.82, 2.24) is 19.5 Å². The van der Waals surface area contributed by atoms with Gasteiger partial charge in [0, 0.05) is 51.6 Å². The first-order valence-electron chi connectivity index (χ1n) is 17.3. The molecule has 2 aromatic heterocycles. The van der Waals surface area contributed by atoms with Crippen LogP contribution in [0.1, 0.15) is 18.4 Å². The van der Waals surface area contributed by atoms with Crippen LogP contribution in [-0.4, -0.2) is 31.3 Å². The molecule has 242 valence electrons. The van der Waals surface area contributed by atoms with Crippen molar-refractivity contribution in [3.8, 4) is 39.9 Å². The minimum Gasteiger partial charge on any atom is -0.329 e. The molecule has 0 aliphatic carbocycles. The van der Waals surface area contributed by atoms with Crippen LogP contribution in [0.3, 0.4) is 0 Å². The number of anilines is 2. The molecule has 2 unspecified atom stereocenters. The van der Waals surface area contributed by atoms with Crippen molar-refractivity contribution >= 4 is 39.4 Å². The van der Waals surface area contributed by atoms with Crippen LogP contribution >= 0.6 is 0 Å². The van der Waals surface area contributed by atoms with Crippen molar-refractivity contribution in [3.05, 3.63) is 169 Å². The van der Waals surface area contributed by atoms with Crippen molar-refractivity contribution in [1.29, 1.82) is 0 Å². The van der Waals surface area contributed by atoms with E-state index in [-0.39, 0.29) is 11.5 Å². The number of hydrogen-bond donors (Lipinski definition) is 0. The Bertz CT molecular complexity index is 2600. The summed E-state index contributed by atoms with van der Waals surface area (Å²) in [5, 5.41) is 2.31. The molecule has 0 N–H and O–H groups in total. The molecule has 0 radical (unpaired) electrons. The molecule has 0 spiro atoms. The summed E-state index contributed by atoms with van der Waals surface area (Å²) in [5.74, 6) is 2.01. The fraction of sp³-hybridized carbons (Fsp3) is 0.0667. The van der Waals surface area contributed by atoms with Gasteiger partial charge in [-0.05, 0) is 60.0 Å².